The zero-order valence-corrected chi connectivity index (χ0v) is 30.0. The highest BCUT2D eigenvalue weighted by Crippen LogP contribution is 2.40. The first kappa shape index (κ1) is 37.4. The molecule has 0 amide bonds. The lowest BCUT2D eigenvalue weighted by atomic mass is 9.93. The number of quaternary nitrogens is 1. The lowest BCUT2D eigenvalue weighted by Crippen LogP contribution is -2.48. The number of hydrogen-bond acceptors (Lipinski definition) is 4. The summed E-state index contributed by atoms with van der Waals surface area (Å²) < 4.78 is 10.2. The van der Waals surface area contributed by atoms with Crippen LogP contribution in [0, 0.1) is 0 Å². The van der Waals surface area contributed by atoms with Crippen molar-refractivity contribution in [1.82, 2.24) is 4.58 Å². The van der Waals surface area contributed by atoms with Gasteiger partial charge in [-0.1, -0.05) is 30.3 Å². The first-order chi connectivity index (χ1) is 21.4. The fourth-order valence-corrected chi connectivity index (χ4v) is 6.46. The van der Waals surface area contributed by atoms with Gasteiger partial charge in [0.25, 0.3) is 0 Å². The Balaban J connectivity index is 0.000000409. The van der Waals surface area contributed by atoms with Crippen LogP contribution in [0.25, 0.3) is 33.4 Å². The summed E-state index contributed by atoms with van der Waals surface area (Å²) in [7, 11) is 1.50. The van der Waals surface area contributed by atoms with Crippen LogP contribution in [0.15, 0.2) is 71.1 Å². The van der Waals surface area contributed by atoms with E-state index in [0.29, 0.717) is 0 Å². The smallest absolute Gasteiger partial charge is 0.203 e. The number of nitrogens with two attached hydrogens (primary N) is 1. The van der Waals surface area contributed by atoms with Crippen LogP contribution in [-0.4, -0.2) is 75.9 Å². The van der Waals surface area contributed by atoms with Crippen molar-refractivity contribution in [3.05, 3.63) is 72.1 Å². The molecule has 4 rings (SSSR count). The second-order valence-corrected chi connectivity index (χ2v) is 11.9. The average Bonchev–Trinajstić information content (AvgIpc) is 3.08. The lowest BCUT2D eigenvalue weighted by molar-refractivity contribution is -0.923. The number of anilines is 1. The van der Waals surface area contributed by atoms with E-state index in [0.717, 1.165) is 48.5 Å². The summed E-state index contributed by atoms with van der Waals surface area (Å²) in [4.78, 5) is 2.35. The summed E-state index contributed by atoms with van der Waals surface area (Å²) in [6.07, 6.45) is 3.56. The van der Waals surface area contributed by atoms with Crippen LogP contribution in [0.4, 0.5) is 5.69 Å². The molecule has 0 saturated carbocycles. The zero-order valence-electron chi connectivity index (χ0n) is 29.2. The number of hydrogen-bond donors (Lipinski definition) is 1. The molecule has 5 nitrogen and oxygen atoms in total. The van der Waals surface area contributed by atoms with E-state index >= 15 is 0 Å². The average molecular weight is 621 g/mol. The molecule has 0 saturated heterocycles. The Bertz CT molecular complexity index is 1390. The summed E-state index contributed by atoms with van der Waals surface area (Å²) in [5.74, 6) is 2.25. The second kappa shape index (κ2) is 19.6. The van der Waals surface area contributed by atoms with Crippen LogP contribution in [0.2, 0.25) is 0 Å². The predicted octanol–water partition coefficient (Wildman–Crippen LogP) is 8.05. The molecule has 1 aliphatic carbocycles. The molecular weight excluding hydrogens is 561 g/mol. The van der Waals surface area contributed by atoms with E-state index in [9.17, 15) is 0 Å². The van der Waals surface area contributed by atoms with E-state index in [4.69, 9.17) is 4.42 Å². The first-order valence-corrected chi connectivity index (χ1v) is 18.1. The number of benzene rings is 3. The highest BCUT2D eigenvalue weighted by molar-refractivity contribution is 7.98. The van der Waals surface area contributed by atoms with Crippen molar-refractivity contribution >= 4 is 28.4 Å². The fourth-order valence-electron chi connectivity index (χ4n) is 6.04. The maximum atomic E-state index is 6.51. The number of nitrogens with zero attached hydrogens (tertiary/aromatic N) is 3. The van der Waals surface area contributed by atoms with E-state index < -0.39 is 0 Å². The second-order valence-electron chi connectivity index (χ2n) is 10.9. The Hall–Kier alpha value is -2.80. The van der Waals surface area contributed by atoms with Crippen LogP contribution < -0.4 is 20.6 Å². The molecule has 2 N–H and O–H groups in total. The van der Waals surface area contributed by atoms with Crippen LogP contribution in [0.3, 0.4) is 0 Å². The van der Waals surface area contributed by atoms with Crippen molar-refractivity contribution in [2.45, 2.75) is 54.9 Å². The molecule has 1 aliphatic heterocycles. The summed E-state index contributed by atoms with van der Waals surface area (Å²) in [5.41, 5.74) is 10.2. The SMILES string of the molecule is CCN(CC)c1ccc2c(-c3ccccc3)c3ccc(=[N+](CC)CC)cc-3oc2c1.CC[N+](CC)(CC)CCCSC.CN. The van der Waals surface area contributed by atoms with Gasteiger partial charge in [-0.25, -0.2) is 4.58 Å². The molecule has 1 heterocycles. The van der Waals surface area contributed by atoms with Gasteiger partial charge in [0.1, 0.15) is 24.4 Å². The van der Waals surface area contributed by atoms with Gasteiger partial charge in [0.05, 0.1) is 32.2 Å². The first-order valence-electron chi connectivity index (χ1n) is 16.7. The largest absolute Gasteiger partial charge is 0.456 e. The van der Waals surface area contributed by atoms with Gasteiger partial charge in [-0.2, -0.15) is 11.8 Å². The van der Waals surface area contributed by atoms with E-state index in [1.54, 1.807) is 0 Å². The molecule has 0 spiro atoms. The summed E-state index contributed by atoms with van der Waals surface area (Å²) in [6.45, 7) is 24.9. The topological polar surface area (TPSA) is 45.4 Å². The van der Waals surface area contributed by atoms with Gasteiger partial charge in [-0.15, -0.1) is 0 Å². The molecule has 0 aromatic heterocycles. The quantitative estimate of drug-likeness (QED) is 0.0711. The number of thioether (sulfide) groups is 1. The molecule has 0 fully saturated rings. The highest BCUT2D eigenvalue weighted by Gasteiger charge is 2.20. The normalized spacial score (nSPS) is 11.0. The van der Waals surface area contributed by atoms with Crippen LogP contribution >= 0.6 is 11.8 Å². The number of fused-ring (bicyclic) bond motifs is 2. The van der Waals surface area contributed by atoms with E-state index in [2.05, 4.69) is 137 Å². The molecule has 2 aliphatic rings. The Morgan fingerprint density at radius 3 is 1.98 bits per heavy atom. The van der Waals surface area contributed by atoms with Gasteiger partial charge in [0, 0.05) is 53.8 Å². The number of rotatable bonds is 13. The zero-order chi connectivity index (χ0) is 32.5. The van der Waals surface area contributed by atoms with Gasteiger partial charge in [0.15, 0.2) is 0 Å². The van der Waals surface area contributed by atoms with Gasteiger partial charge < -0.3 is 19.5 Å². The van der Waals surface area contributed by atoms with Gasteiger partial charge in [-0.3, -0.25) is 0 Å². The van der Waals surface area contributed by atoms with Crippen molar-refractivity contribution in [2.24, 2.45) is 5.73 Å². The van der Waals surface area contributed by atoms with Crippen molar-refractivity contribution in [2.75, 3.05) is 76.3 Å². The maximum absolute atomic E-state index is 6.51. The van der Waals surface area contributed by atoms with Crippen LogP contribution in [0.1, 0.15) is 54.9 Å². The van der Waals surface area contributed by atoms with Gasteiger partial charge in [-0.05, 0) is 91.3 Å². The Kier molecular flexibility index (Phi) is 16.6. The summed E-state index contributed by atoms with van der Waals surface area (Å²) >= 11 is 1.96. The lowest BCUT2D eigenvalue weighted by Gasteiger charge is -2.35. The fraction of sp³-hybridized carbons (Fsp3) is 0.500. The van der Waals surface area contributed by atoms with Crippen molar-refractivity contribution in [3.8, 4) is 22.5 Å². The highest BCUT2D eigenvalue weighted by atomic mass is 32.2. The molecule has 0 radical (unpaired) electrons. The molecule has 0 bridgehead atoms. The molecule has 242 valence electrons. The van der Waals surface area contributed by atoms with Crippen LogP contribution in [-0.2, 0) is 0 Å². The molecular formula is C38H60N4OS+2. The minimum atomic E-state index is 0.933. The van der Waals surface area contributed by atoms with Crippen LogP contribution in [0.5, 0.6) is 0 Å². The summed E-state index contributed by atoms with van der Waals surface area (Å²) in [5, 5.41) is 2.36. The third kappa shape index (κ3) is 9.35. The monoisotopic (exact) mass is 620 g/mol. The van der Waals surface area contributed by atoms with E-state index in [1.807, 2.05) is 11.8 Å². The van der Waals surface area contributed by atoms with E-state index in [1.165, 1.54) is 72.1 Å². The molecule has 6 heteroatoms. The minimum absolute atomic E-state index is 0.933. The van der Waals surface area contributed by atoms with Gasteiger partial charge in [0.2, 0.25) is 5.36 Å². The third-order valence-electron chi connectivity index (χ3n) is 9.00. The van der Waals surface area contributed by atoms with Gasteiger partial charge >= 0.3 is 0 Å². The molecule has 0 unspecified atom stereocenters. The molecule has 2 aromatic rings. The van der Waals surface area contributed by atoms with Crippen molar-refractivity contribution in [3.63, 3.8) is 0 Å². The summed E-state index contributed by atoms with van der Waals surface area (Å²) in [6, 6.07) is 23.9. The Morgan fingerprint density at radius 1 is 0.795 bits per heavy atom. The minimum Gasteiger partial charge on any atom is -0.456 e. The molecule has 0 atom stereocenters. The van der Waals surface area contributed by atoms with E-state index in [-0.39, 0.29) is 0 Å². The van der Waals surface area contributed by atoms with Crippen molar-refractivity contribution in [1.29, 1.82) is 0 Å². The maximum Gasteiger partial charge on any atom is 0.203 e. The standard InChI is InChI=1S/C27H31N2O.C10H24NS.CH5N/c1-5-28(6-2)21-14-16-23-25(18-21)30-26-19-22(29(7-3)8-4)15-17-24(26)27(23)20-12-10-9-11-13-20;1-5-11(6-2,7-3)9-8-10-12-4;1-2/h9-19H,5-8H2,1-4H3;5-10H2,1-4H3;2H2,1H3/q2*+1;. The Labute approximate surface area is 272 Å². The molecule has 44 heavy (non-hydrogen) atoms. The molecule has 2 aromatic carbocycles. The van der Waals surface area contributed by atoms with Crippen molar-refractivity contribution < 1.29 is 8.90 Å². The predicted molar refractivity (Wildman–Crippen MR) is 198 cm³/mol. The third-order valence-corrected chi connectivity index (χ3v) is 9.70. The Morgan fingerprint density at radius 2 is 1.43 bits per heavy atom.